The van der Waals surface area contributed by atoms with E-state index in [-0.39, 0.29) is 11.4 Å². The fourth-order valence-corrected chi connectivity index (χ4v) is 4.61. The monoisotopic (exact) mass is 486 g/mol. The molecule has 4 nitrogen and oxygen atoms in total. The molecule has 0 bridgehead atoms. The average molecular weight is 489 g/mol. The number of aromatic nitrogens is 2. The van der Waals surface area contributed by atoms with Crippen LogP contribution >= 0.6 is 58.0 Å². The first-order chi connectivity index (χ1) is 13.9. The minimum absolute atomic E-state index is 0.237. The van der Waals surface area contributed by atoms with Crippen molar-refractivity contribution in [3.63, 3.8) is 0 Å². The molecule has 0 aliphatic heterocycles. The lowest BCUT2D eigenvalue weighted by Gasteiger charge is -2.22. The molecule has 1 heterocycles. The molecule has 150 valence electrons. The SMILES string of the molecule is ClC1=CC=CC(Cl)C1Nc1nc2ccc(CNc3c(Cl)cc(Cl)cc3Cl)cc2[nH]1. The molecule has 0 saturated carbocycles. The Morgan fingerprint density at radius 1 is 1.03 bits per heavy atom. The number of hydrogen-bond acceptors (Lipinski definition) is 3. The largest absolute Gasteiger partial charge is 0.379 e. The maximum absolute atomic E-state index is 6.33. The Bertz CT molecular complexity index is 1100. The zero-order valence-corrected chi connectivity index (χ0v) is 18.6. The second-order valence-corrected chi connectivity index (χ2v) is 8.73. The Labute approximate surface area is 192 Å². The highest BCUT2D eigenvalue weighted by Gasteiger charge is 2.23. The fraction of sp³-hybridized carbons (Fsp3) is 0.150. The van der Waals surface area contributed by atoms with Gasteiger partial charge >= 0.3 is 0 Å². The number of fused-ring (bicyclic) bond motifs is 1. The summed E-state index contributed by atoms with van der Waals surface area (Å²) in [6, 6.07) is 9.00. The van der Waals surface area contributed by atoms with Gasteiger partial charge in [0.05, 0.1) is 38.2 Å². The van der Waals surface area contributed by atoms with Crippen LogP contribution in [-0.2, 0) is 6.54 Å². The van der Waals surface area contributed by atoms with E-state index in [1.54, 1.807) is 12.1 Å². The molecule has 2 unspecified atom stereocenters. The van der Waals surface area contributed by atoms with E-state index in [0.717, 1.165) is 16.6 Å². The number of allylic oxidation sites excluding steroid dienone is 2. The number of benzene rings is 2. The zero-order chi connectivity index (χ0) is 20.5. The predicted octanol–water partition coefficient (Wildman–Crippen LogP) is 7.22. The topological polar surface area (TPSA) is 52.7 Å². The van der Waals surface area contributed by atoms with Crippen molar-refractivity contribution in [2.24, 2.45) is 0 Å². The van der Waals surface area contributed by atoms with Crippen molar-refractivity contribution >= 4 is 80.7 Å². The van der Waals surface area contributed by atoms with Gasteiger partial charge in [-0.3, -0.25) is 0 Å². The molecular formula is C20H15Cl5N4. The summed E-state index contributed by atoms with van der Waals surface area (Å²) >= 11 is 31.0. The molecule has 29 heavy (non-hydrogen) atoms. The van der Waals surface area contributed by atoms with Crippen LogP contribution in [0.3, 0.4) is 0 Å². The standard InChI is InChI=1S/C20H15Cl5N4/c21-11-7-14(24)18(15(25)8-11)26-9-10-4-5-16-17(6-10)28-20(27-16)29-19-12(22)2-1-3-13(19)23/h1-8,12,19,26H,9H2,(H2,27,28,29). The number of halogens is 5. The van der Waals surface area contributed by atoms with E-state index in [2.05, 4.69) is 20.6 Å². The first-order valence-electron chi connectivity index (χ1n) is 8.72. The normalized spacial score (nSPS) is 18.7. The predicted molar refractivity (Wildman–Crippen MR) is 125 cm³/mol. The van der Waals surface area contributed by atoms with Crippen LogP contribution in [0.25, 0.3) is 11.0 Å². The summed E-state index contributed by atoms with van der Waals surface area (Å²) in [5.74, 6) is 0.603. The van der Waals surface area contributed by atoms with Crippen LogP contribution < -0.4 is 10.6 Å². The molecule has 2 aromatic carbocycles. The smallest absolute Gasteiger partial charge is 0.201 e. The molecule has 3 aromatic rings. The molecule has 2 atom stereocenters. The molecule has 1 aliphatic rings. The van der Waals surface area contributed by atoms with Gasteiger partial charge in [0.25, 0.3) is 0 Å². The number of alkyl halides is 1. The number of rotatable bonds is 5. The third-order valence-electron chi connectivity index (χ3n) is 4.48. The van der Waals surface area contributed by atoms with Gasteiger partial charge in [-0.1, -0.05) is 64.6 Å². The molecule has 0 radical (unpaired) electrons. The van der Waals surface area contributed by atoms with Crippen LogP contribution in [0, 0.1) is 0 Å². The lowest BCUT2D eigenvalue weighted by molar-refractivity contribution is 0.861. The Morgan fingerprint density at radius 3 is 2.52 bits per heavy atom. The Balaban J connectivity index is 1.50. The van der Waals surface area contributed by atoms with Crippen LogP contribution in [0.4, 0.5) is 11.6 Å². The van der Waals surface area contributed by atoms with Crippen molar-refractivity contribution in [2.45, 2.75) is 18.0 Å². The molecule has 0 fully saturated rings. The van der Waals surface area contributed by atoms with Crippen LogP contribution in [0.2, 0.25) is 15.1 Å². The first kappa shape index (κ1) is 20.7. The molecule has 4 rings (SSSR count). The van der Waals surface area contributed by atoms with Gasteiger partial charge in [-0.15, -0.1) is 11.6 Å². The quantitative estimate of drug-likeness (QED) is 0.333. The van der Waals surface area contributed by atoms with E-state index < -0.39 is 0 Å². The van der Waals surface area contributed by atoms with Gasteiger partial charge < -0.3 is 15.6 Å². The second kappa shape index (κ2) is 8.66. The molecule has 9 heteroatoms. The number of aromatic amines is 1. The minimum atomic E-state index is -0.255. The fourth-order valence-electron chi connectivity index (χ4n) is 3.05. The molecular weight excluding hydrogens is 474 g/mol. The average Bonchev–Trinajstić information content (AvgIpc) is 3.06. The van der Waals surface area contributed by atoms with Crippen LogP contribution in [0.15, 0.2) is 53.6 Å². The summed E-state index contributed by atoms with van der Waals surface area (Å²) in [5, 5.41) is 8.32. The summed E-state index contributed by atoms with van der Waals surface area (Å²) in [6.07, 6.45) is 5.54. The van der Waals surface area contributed by atoms with Gasteiger partial charge in [-0.2, -0.15) is 0 Å². The van der Waals surface area contributed by atoms with Crippen molar-refractivity contribution in [3.05, 3.63) is 74.2 Å². The number of hydrogen-bond donors (Lipinski definition) is 3. The van der Waals surface area contributed by atoms with Crippen LogP contribution in [0.1, 0.15) is 5.56 Å². The van der Waals surface area contributed by atoms with Gasteiger partial charge in [-0.05, 0) is 35.9 Å². The van der Waals surface area contributed by atoms with Crippen molar-refractivity contribution in [2.75, 3.05) is 10.6 Å². The van der Waals surface area contributed by atoms with Gasteiger partial charge in [-0.25, -0.2) is 4.98 Å². The molecule has 1 aromatic heterocycles. The molecule has 1 aliphatic carbocycles. The lowest BCUT2D eigenvalue weighted by Crippen LogP contribution is -2.31. The summed E-state index contributed by atoms with van der Waals surface area (Å²) < 4.78 is 0. The molecule has 3 N–H and O–H groups in total. The maximum Gasteiger partial charge on any atom is 0.201 e. The number of nitrogens with zero attached hydrogens (tertiary/aromatic N) is 1. The van der Waals surface area contributed by atoms with E-state index in [0.29, 0.717) is 38.3 Å². The summed E-state index contributed by atoms with van der Waals surface area (Å²) in [6.45, 7) is 0.532. The zero-order valence-electron chi connectivity index (χ0n) is 14.8. The Morgan fingerprint density at radius 2 is 1.79 bits per heavy atom. The van der Waals surface area contributed by atoms with E-state index in [4.69, 9.17) is 58.0 Å². The molecule has 0 amide bonds. The highest BCUT2D eigenvalue weighted by Crippen LogP contribution is 2.34. The highest BCUT2D eigenvalue weighted by molar-refractivity contribution is 6.41. The Kier molecular flexibility index (Phi) is 6.19. The Hall–Kier alpha value is -1.56. The number of anilines is 2. The van der Waals surface area contributed by atoms with Gasteiger partial charge in [0.1, 0.15) is 0 Å². The van der Waals surface area contributed by atoms with E-state index >= 15 is 0 Å². The van der Waals surface area contributed by atoms with Gasteiger partial charge in [0, 0.05) is 16.6 Å². The lowest BCUT2D eigenvalue weighted by atomic mass is 10.1. The van der Waals surface area contributed by atoms with Crippen molar-refractivity contribution in [3.8, 4) is 0 Å². The van der Waals surface area contributed by atoms with Crippen molar-refractivity contribution in [1.29, 1.82) is 0 Å². The van der Waals surface area contributed by atoms with Crippen molar-refractivity contribution in [1.82, 2.24) is 9.97 Å². The number of imidazole rings is 1. The van der Waals surface area contributed by atoms with E-state index in [9.17, 15) is 0 Å². The first-order valence-corrected chi connectivity index (χ1v) is 10.7. The van der Waals surface area contributed by atoms with Crippen LogP contribution in [0.5, 0.6) is 0 Å². The summed E-state index contributed by atoms with van der Waals surface area (Å²) in [5.41, 5.74) is 3.39. The third kappa shape index (κ3) is 4.62. The summed E-state index contributed by atoms with van der Waals surface area (Å²) in [7, 11) is 0. The summed E-state index contributed by atoms with van der Waals surface area (Å²) in [4.78, 5) is 7.83. The number of H-pyrrole nitrogens is 1. The van der Waals surface area contributed by atoms with Gasteiger partial charge in [0.2, 0.25) is 5.95 Å². The molecule has 0 spiro atoms. The minimum Gasteiger partial charge on any atom is -0.379 e. The van der Waals surface area contributed by atoms with Gasteiger partial charge in [0.15, 0.2) is 0 Å². The van der Waals surface area contributed by atoms with Crippen LogP contribution in [-0.4, -0.2) is 21.4 Å². The van der Waals surface area contributed by atoms with E-state index in [1.807, 2.05) is 36.4 Å². The third-order valence-corrected chi connectivity index (χ3v) is 6.05. The van der Waals surface area contributed by atoms with Crippen molar-refractivity contribution < 1.29 is 0 Å². The second-order valence-electron chi connectivity index (χ2n) is 6.54. The highest BCUT2D eigenvalue weighted by atomic mass is 35.5. The maximum atomic E-state index is 6.33. The van der Waals surface area contributed by atoms with E-state index in [1.165, 1.54) is 0 Å². The molecule has 0 saturated heterocycles. The number of nitrogens with one attached hydrogen (secondary N) is 3.